The molecule has 12 heavy (non-hydrogen) atoms. The maximum Gasteiger partial charge on any atom is 0.241 e. The standard InChI is InChI=1S/C8H6ClNOS/c9-4-2-1-3-5-6(4)7(12)8(11)10-5/h1-3,7,12H,(H,10,11). The van der Waals surface area contributed by atoms with Crippen LogP contribution in [0.2, 0.25) is 5.02 Å². The van der Waals surface area contributed by atoms with Crippen LogP contribution in [0.1, 0.15) is 10.8 Å². The Balaban J connectivity index is 2.62. The summed E-state index contributed by atoms with van der Waals surface area (Å²) in [7, 11) is 0. The average molecular weight is 200 g/mol. The van der Waals surface area contributed by atoms with Crippen molar-refractivity contribution in [3.63, 3.8) is 0 Å². The molecule has 1 amide bonds. The largest absolute Gasteiger partial charge is 0.324 e. The van der Waals surface area contributed by atoms with Crippen LogP contribution in [0.5, 0.6) is 0 Å². The SMILES string of the molecule is O=C1Nc2cccc(Cl)c2C1S. The molecule has 2 nitrogen and oxygen atoms in total. The van der Waals surface area contributed by atoms with Gasteiger partial charge in [-0.1, -0.05) is 17.7 Å². The van der Waals surface area contributed by atoms with E-state index in [1.54, 1.807) is 12.1 Å². The van der Waals surface area contributed by atoms with E-state index in [4.69, 9.17) is 11.6 Å². The van der Waals surface area contributed by atoms with E-state index in [-0.39, 0.29) is 5.91 Å². The Labute approximate surface area is 80.3 Å². The summed E-state index contributed by atoms with van der Waals surface area (Å²) in [6.07, 6.45) is 0. The predicted molar refractivity (Wildman–Crippen MR) is 51.8 cm³/mol. The van der Waals surface area contributed by atoms with Gasteiger partial charge in [-0.2, -0.15) is 12.6 Å². The van der Waals surface area contributed by atoms with E-state index in [0.29, 0.717) is 5.02 Å². The van der Waals surface area contributed by atoms with Gasteiger partial charge >= 0.3 is 0 Å². The topological polar surface area (TPSA) is 29.1 Å². The van der Waals surface area contributed by atoms with Gasteiger partial charge in [0.1, 0.15) is 5.25 Å². The molecule has 62 valence electrons. The average Bonchev–Trinajstić information content (AvgIpc) is 2.29. The van der Waals surface area contributed by atoms with E-state index in [1.165, 1.54) is 0 Å². The molecule has 1 aliphatic rings. The van der Waals surface area contributed by atoms with Gasteiger partial charge in [-0.15, -0.1) is 0 Å². The molecule has 0 aromatic heterocycles. The van der Waals surface area contributed by atoms with Crippen LogP contribution in [0.4, 0.5) is 5.69 Å². The van der Waals surface area contributed by atoms with Crippen LogP contribution in [0, 0.1) is 0 Å². The monoisotopic (exact) mass is 199 g/mol. The number of hydrogen-bond donors (Lipinski definition) is 2. The molecule has 0 radical (unpaired) electrons. The summed E-state index contributed by atoms with van der Waals surface area (Å²) in [6, 6.07) is 5.37. The van der Waals surface area contributed by atoms with Gasteiger partial charge < -0.3 is 5.32 Å². The number of halogens is 1. The number of anilines is 1. The number of benzene rings is 1. The number of nitrogens with one attached hydrogen (secondary N) is 1. The lowest BCUT2D eigenvalue weighted by Gasteiger charge is -2.01. The molecule has 0 fully saturated rings. The number of thiol groups is 1. The zero-order chi connectivity index (χ0) is 8.72. The molecule has 0 spiro atoms. The Morgan fingerprint density at radius 3 is 2.92 bits per heavy atom. The molecule has 4 heteroatoms. The minimum Gasteiger partial charge on any atom is -0.324 e. The highest BCUT2D eigenvalue weighted by atomic mass is 35.5. The maximum atomic E-state index is 11.1. The number of carbonyl (C=O) groups is 1. The summed E-state index contributed by atoms with van der Waals surface area (Å²) in [5, 5.41) is 2.85. The molecule has 0 saturated heterocycles. The lowest BCUT2D eigenvalue weighted by molar-refractivity contribution is -0.115. The molecule has 1 unspecified atom stereocenters. The third-order valence-electron chi connectivity index (χ3n) is 1.83. The molecule has 0 saturated carbocycles. The highest BCUT2D eigenvalue weighted by molar-refractivity contribution is 7.81. The van der Waals surface area contributed by atoms with Gasteiger partial charge in [0.2, 0.25) is 5.91 Å². The fourth-order valence-corrected chi connectivity index (χ4v) is 1.96. The van der Waals surface area contributed by atoms with Crippen LogP contribution in [-0.2, 0) is 4.79 Å². The second kappa shape index (κ2) is 2.68. The van der Waals surface area contributed by atoms with Gasteiger partial charge in [0, 0.05) is 16.3 Å². The summed E-state index contributed by atoms with van der Waals surface area (Å²) in [4.78, 5) is 11.1. The quantitative estimate of drug-likeness (QED) is 0.617. The van der Waals surface area contributed by atoms with Gasteiger partial charge in [-0.05, 0) is 12.1 Å². The van der Waals surface area contributed by atoms with Crippen molar-refractivity contribution >= 4 is 35.8 Å². The van der Waals surface area contributed by atoms with Gasteiger partial charge in [-0.25, -0.2) is 0 Å². The fourth-order valence-electron chi connectivity index (χ4n) is 1.26. The zero-order valence-electron chi connectivity index (χ0n) is 6.04. The molecule has 1 atom stereocenters. The second-order valence-corrected chi connectivity index (χ2v) is 3.52. The van der Waals surface area contributed by atoms with Crippen molar-refractivity contribution in [2.24, 2.45) is 0 Å². The molecule has 0 bridgehead atoms. The Bertz CT molecular complexity index is 353. The van der Waals surface area contributed by atoms with Crippen LogP contribution in [0.3, 0.4) is 0 Å². The molecule has 1 aromatic carbocycles. The normalized spacial score (nSPS) is 20.5. The maximum absolute atomic E-state index is 11.1. The lowest BCUT2D eigenvalue weighted by atomic mass is 10.1. The Kier molecular flexibility index (Phi) is 1.77. The van der Waals surface area contributed by atoms with Crippen molar-refractivity contribution in [1.29, 1.82) is 0 Å². The first kappa shape index (κ1) is 7.95. The summed E-state index contributed by atoms with van der Waals surface area (Å²) in [5.41, 5.74) is 1.56. The van der Waals surface area contributed by atoms with Crippen LogP contribution in [0.25, 0.3) is 0 Å². The number of amides is 1. The molecule has 2 rings (SSSR count). The smallest absolute Gasteiger partial charge is 0.241 e. The third-order valence-corrected chi connectivity index (χ3v) is 2.65. The zero-order valence-corrected chi connectivity index (χ0v) is 7.69. The van der Waals surface area contributed by atoms with E-state index < -0.39 is 5.25 Å². The van der Waals surface area contributed by atoms with Crippen LogP contribution < -0.4 is 5.32 Å². The highest BCUT2D eigenvalue weighted by Gasteiger charge is 2.29. The first-order valence-corrected chi connectivity index (χ1v) is 4.37. The van der Waals surface area contributed by atoms with E-state index >= 15 is 0 Å². The van der Waals surface area contributed by atoms with E-state index in [9.17, 15) is 4.79 Å². The van der Waals surface area contributed by atoms with E-state index in [2.05, 4.69) is 17.9 Å². The minimum absolute atomic E-state index is 0.110. The van der Waals surface area contributed by atoms with E-state index in [1.807, 2.05) is 6.07 Å². The van der Waals surface area contributed by atoms with Crippen molar-refractivity contribution in [3.05, 3.63) is 28.8 Å². The first-order chi connectivity index (χ1) is 5.70. The van der Waals surface area contributed by atoms with Crippen molar-refractivity contribution < 1.29 is 4.79 Å². The molecule has 1 N–H and O–H groups in total. The van der Waals surface area contributed by atoms with Gasteiger partial charge in [-0.3, -0.25) is 4.79 Å². The van der Waals surface area contributed by atoms with Crippen molar-refractivity contribution in [2.75, 3.05) is 5.32 Å². The molecule has 1 aromatic rings. The molecule has 1 heterocycles. The van der Waals surface area contributed by atoms with Crippen LogP contribution in [0.15, 0.2) is 18.2 Å². The Morgan fingerprint density at radius 1 is 1.50 bits per heavy atom. The van der Waals surface area contributed by atoms with Crippen molar-refractivity contribution in [3.8, 4) is 0 Å². The van der Waals surface area contributed by atoms with Crippen molar-refractivity contribution in [1.82, 2.24) is 0 Å². The molecular formula is C8H6ClNOS. The molecule has 0 aliphatic carbocycles. The summed E-state index contributed by atoms with van der Waals surface area (Å²) in [6.45, 7) is 0. The van der Waals surface area contributed by atoms with Crippen LogP contribution in [-0.4, -0.2) is 5.91 Å². The Hall–Kier alpha value is -0.670. The lowest BCUT2D eigenvalue weighted by Crippen LogP contribution is -2.06. The Morgan fingerprint density at radius 2 is 2.25 bits per heavy atom. The number of hydrogen-bond acceptors (Lipinski definition) is 2. The summed E-state index contributed by atoms with van der Waals surface area (Å²) in [5.74, 6) is -0.110. The van der Waals surface area contributed by atoms with Crippen LogP contribution >= 0.6 is 24.2 Å². The minimum atomic E-state index is -0.423. The molecular weight excluding hydrogens is 194 g/mol. The summed E-state index contributed by atoms with van der Waals surface area (Å²) >= 11 is 10.0. The summed E-state index contributed by atoms with van der Waals surface area (Å²) < 4.78 is 0. The van der Waals surface area contributed by atoms with Gasteiger partial charge in [0.15, 0.2) is 0 Å². The number of carbonyl (C=O) groups excluding carboxylic acids is 1. The predicted octanol–water partition coefficient (Wildman–Crippen LogP) is 2.26. The number of fused-ring (bicyclic) bond motifs is 1. The van der Waals surface area contributed by atoms with Crippen molar-refractivity contribution in [2.45, 2.75) is 5.25 Å². The highest BCUT2D eigenvalue weighted by Crippen LogP contribution is 2.39. The van der Waals surface area contributed by atoms with Gasteiger partial charge in [0.25, 0.3) is 0 Å². The third kappa shape index (κ3) is 1.01. The fraction of sp³-hybridized carbons (Fsp3) is 0.125. The molecule has 1 aliphatic heterocycles. The first-order valence-electron chi connectivity index (χ1n) is 3.47. The second-order valence-electron chi connectivity index (χ2n) is 2.59. The van der Waals surface area contributed by atoms with E-state index in [0.717, 1.165) is 11.3 Å². The number of rotatable bonds is 0. The van der Waals surface area contributed by atoms with Gasteiger partial charge in [0.05, 0.1) is 0 Å².